The summed E-state index contributed by atoms with van der Waals surface area (Å²) in [5.41, 5.74) is 2.88. The number of ether oxygens (including phenoxy) is 1. The van der Waals surface area contributed by atoms with Gasteiger partial charge >= 0.3 is 0 Å². The molecule has 0 aromatic heterocycles. The van der Waals surface area contributed by atoms with Crippen LogP contribution in [0, 0.1) is 0 Å². The van der Waals surface area contributed by atoms with Crippen LogP contribution >= 0.6 is 11.6 Å². The van der Waals surface area contributed by atoms with Gasteiger partial charge in [0.15, 0.2) is 0 Å². The lowest BCUT2D eigenvalue weighted by atomic mass is 10.1. The first-order valence-corrected chi connectivity index (χ1v) is 9.84. The van der Waals surface area contributed by atoms with E-state index >= 15 is 0 Å². The van der Waals surface area contributed by atoms with Gasteiger partial charge in [0.1, 0.15) is 12.4 Å². The third kappa shape index (κ3) is 4.23. The Bertz CT molecular complexity index is 1100. The number of amides is 2. The Labute approximate surface area is 179 Å². The fourth-order valence-corrected chi connectivity index (χ4v) is 3.35. The Kier molecular flexibility index (Phi) is 5.59. The number of nitrogens with one attached hydrogen (secondary N) is 2. The zero-order chi connectivity index (χ0) is 21.1. The van der Waals surface area contributed by atoms with Crippen molar-refractivity contribution in [2.75, 3.05) is 35.7 Å². The molecule has 7 heteroatoms. The van der Waals surface area contributed by atoms with Gasteiger partial charge in [-0.2, -0.15) is 0 Å². The molecule has 0 spiro atoms. The minimum absolute atomic E-state index is 0.280. The van der Waals surface area contributed by atoms with Gasteiger partial charge in [-0.1, -0.05) is 29.8 Å². The van der Waals surface area contributed by atoms with E-state index in [0.717, 1.165) is 12.2 Å². The van der Waals surface area contributed by atoms with Gasteiger partial charge in [-0.05, 0) is 48.5 Å². The molecule has 0 aliphatic carbocycles. The van der Waals surface area contributed by atoms with Crippen molar-refractivity contribution < 1.29 is 14.3 Å². The molecule has 0 saturated heterocycles. The summed E-state index contributed by atoms with van der Waals surface area (Å²) >= 11 is 6.23. The highest BCUT2D eigenvalue weighted by Crippen LogP contribution is 2.32. The number of hydrogen-bond donors (Lipinski definition) is 2. The van der Waals surface area contributed by atoms with Crippen LogP contribution in [0.15, 0.2) is 66.7 Å². The molecule has 0 unspecified atom stereocenters. The van der Waals surface area contributed by atoms with Crippen LogP contribution in [0.2, 0.25) is 5.02 Å². The highest BCUT2D eigenvalue weighted by atomic mass is 35.5. The van der Waals surface area contributed by atoms with Crippen LogP contribution in [0.3, 0.4) is 0 Å². The van der Waals surface area contributed by atoms with Crippen molar-refractivity contribution in [3.63, 3.8) is 0 Å². The molecule has 0 radical (unpaired) electrons. The first-order chi connectivity index (χ1) is 14.5. The molecule has 1 heterocycles. The van der Waals surface area contributed by atoms with E-state index in [2.05, 4.69) is 15.5 Å². The predicted octanol–water partition coefficient (Wildman–Crippen LogP) is 4.67. The van der Waals surface area contributed by atoms with Gasteiger partial charge in [0.2, 0.25) is 0 Å². The van der Waals surface area contributed by atoms with E-state index in [-0.39, 0.29) is 11.8 Å². The van der Waals surface area contributed by atoms with E-state index in [1.54, 1.807) is 54.6 Å². The summed E-state index contributed by atoms with van der Waals surface area (Å²) in [6.07, 6.45) is 0. The number of hydrogen-bond acceptors (Lipinski definition) is 4. The van der Waals surface area contributed by atoms with Crippen molar-refractivity contribution in [3.8, 4) is 5.75 Å². The highest BCUT2D eigenvalue weighted by molar-refractivity contribution is 6.34. The molecular formula is C23H20ClN3O3. The molecule has 3 aromatic rings. The van der Waals surface area contributed by atoms with Crippen LogP contribution in [-0.2, 0) is 0 Å². The van der Waals surface area contributed by atoms with Crippen LogP contribution < -0.4 is 20.3 Å². The molecule has 3 aromatic carbocycles. The van der Waals surface area contributed by atoms with Crippen LogP contribution in [-0.4, -0.2) is 32.0 Å². The summed E-state index contributed by atoms with van der Waals surface area (Å²) in [6, 6.07) is 19.1. The molecule has 30 heavy (non-hydrogen) atoms. The lowest BCUT2D eigenvalue weighted by Crippen LogP contribution is -2.29. The van der Waals surface area contributed by atoms with Gasteiger partial charge in [-0.15, -0.1) is 0 Å². The van der Waals surface area contributed by atoms with E-state index in [9.17, 15) is 9.59 Å². The second-order valence-electron chi connectivity index (χ2n) is 6.92. The molecule has 0 bridgehead atoms. The maximum absolute atomic E-state index is 12.7. The minimum Gasteiger partial charge on any atom is -0.490 e. The molecule has 4 rings (SSSR count). The quantitative estimate of drug-likeness (QED) is 0.642. The number of rotatable bonds is 4. The maximum atomic E-state index is 12.7. The summed E-state index contributed by atoms with van der Waals surface area (Å²) in [7, 11) is 1.99. The Morgan fingerprint density at radius 1 is 0.933 bits per heavy atom. The van der Waals surface area contributed by atoms with Crippen LogP contribution in [0.1, 0.15) is 20.7 Å². The lowest BCUT2D eigenvalue weighted by molar-refractivity contribution is 0.101. The summed E-state index contributed by atoms with van der Waals surface area (Å²) < 4.78 is 5.67. The fraction of sp³-hybridized carbons (Fsp3) is 0.130. The van der Waals surface area contributed by atoms with Crippen molar-refractivity contribution in [1.82, 2.24) is 0 Å². The number of nitrogens with zero attached hydrogens (tertiary/aromatic N) is 1. The zero-order valence-electron chi connectivity index (χ0n) is 16.3. The van der Waals surface area contributed by atoms with Crippen molar-refractivity contribution in [1.29, 1.82) is 0 Å². The summed E-state index contributed by atoms with van der Waals surface area (Å²) in [4.78, 5) is 27.2. The maximum Gasteiger partial charge on any atom is 0.255 e. The van der Waals surface area contributed by atoms with Crippen molar-refractivity contribution in [2.45, 2.75) is 0 Å². The number of likely N-dealkylation sites (N-methyl/N-ethyl adjacent to an activating group) is 1. The molecular weight excluding hydrogens is 402 g/mol. The van der Waals surface area contributed by atoms with E-state index in [0.29, 0.717) is 39.9 Å². The van der Waals surface area contributed by atoms with Crippen LogP contribution in [0.25, 0.3) is 0 Å². The normalized spacial score (nSPS) is 12.5. The topological polar surface area (TPSA) is 70.7 Å². The number of carbonyl (C=O) groups excluding carboxylic acids is 2. The average molecular weight is 422 g/mol. The SMILES string of the molecule is CN1CCOc2cc(C(=O)Nc3ccc(Cl)c(NC(=O)c4ccccc4)c3)ccc21. The highest BCUT2D eigenvalue weighted by Gasteiger charge is 2.17. The summed E-state index contributed by atoms with van der Waals surface area (Å²) in [5, 5.41) is 5.99. The molecule has 0 saturated carbocycles. The average Bonchev–Trinajstić information content (AvgIpc) is 2.76. The monoisotopic (exact) mass is 421 g/mol. The van der Waals surface area contributed by atoms with Crippen LogP contribution in [0.5, 0.6) is 5.75 Å². The zero-order valence-corrected chi connectivity index (χ0v) is 17.1. The number of halogens is 1. The Balaban J connectivity index is 1.50. The molecule has 6 nitrogen and oxygen atoms in total. The van der Waals surface area contributed by atoms with E-state index in [1.807, 2.05) is 19.2 Å². The second kappa shape index (κ2) is 8.47. The third-order valence-electron chi connectivity index (χ3n) is 4.83. The van der Waals surface area contributed by atoms with Crippen LogP contribution in [0.4, 0.5) is 17.1 Å². The molecule has 1 aliphatic rings. The van der Waals surface area contributed by atoms with Gasteiger partial charge in [-0.25, -0.2) is 0 Å². The van der Waals surface area contributed by atoms with Gasteiger partial charge in [0.25, 0.3) is 11.8 Å². The molecule has 2 amide bonds. The minimum atomic E-state index is -0.281. The second-order valence-corrected chi connectivity index (χ2v) is 7.33. The Morgan fingerprint density at radius 2 is 1.70 bits per heavy atom. The fourth-order valence-electron chi connectivity index (χ4n) is 3.19. The molecule has 0 fully saturated rings. The van der Waals surface area contributed by atoms with E-state index < -0.39 is 0 Å². The molecule has 1 aliphatic heterocycles. The number of carbonyl (C=O) groups is 2. The lowest BCUT2D eigenvalue weighted by Gasteiger charge is -2.27. The largest absolute Gasteiger partial charge is 0.490 e. The number of anilines is 3. The van der Waals surface area contributed by atoms with Crippen molar-refractivity contribution in [3.05, 3.63) is 82.9 Å². The Morgan fingerprint density at radius 3 is 2.50 bits per heavy atom. The van der Waals surface area contributed by atoms with Gasteiger partial charge in [-0.3, -0.25) is 9.59 Å². The first-order valence-electron chi connectivity index (χ1n) is 9.46. The standard InChI is InChI=1S/C23H20ClN3O3/c1-27-11-12-30-21-13-16(7-10-20(21)27)23(29)25-17-8-9-18(24)19(14-17)26-22(28)15-5-3-2-4-6-15/h2-10,13-14H,11-12H2,1H3,(H,25,29)(H,26,28). The van der Waals surface area contributed by atoms with E-state index in [4.69, 9.17) is 16.3 Å². The van der Waals surface area contributed by atoms with Gasteiger partial charge in [0.05, 0.1) is 22.9 Å². The first kappa shape index (κ1) is 19.8. The molecule has 0 atom stereocenters. The predicted molar refractivity (Wildman–Crippen MR) is 119 cm³/mol. The van der Waals surface area contributed by atoms with Crippen molar-refractivity contribution in [2.24, 2.45) is 0 Å². The van der Waals surface area contributed by atoms with Gasteiger partial charge in [0, 0.05) is 23.9 Å². The summed E-state index contributed by atoms with van der Waals surface area (Å²) in [5.74, 6) is 0.123. The third-order valence-corrected chi connectivity index (χ3v) is 5.16. The molecule has 152 valence electrons. The van der Waals surface area contributed by atoms with Crippen molar-refractivity contribution >= 4 is 40.5 Å². The smallest absolute Gasteiger partial charge is 0.255 e. The van der Waals surface area contributed by atoms with Gasteiger partial charge < -0.3 is 20.3 Å². The number of benzene rings is 3. The van der Waals surface area contributed by atoms with E-state index in [1.165, 1.54) is 0 Å². The summed E-state index contributed by atoms with van der Waals surface area (Å²) in [6.45, 7) is 1.39. The Hall–Kier alpha value is -3.51. The number of fused-ring (bicyclic) bond motifs is 1. The molecule has 2 N–H and O–H groups in total.